The van der Waals surface area contributed by atoms with Crippen molar-refractivity contribution in [1.82, 2.24) is 0 Å². The maximum atomic E-state index is 10.8. The number of rotatable bonds is 9. The molecule has 0 amide bonds. The molecule has 0 aromatic rings. The van der Waals surface area contributed by atoms with E-state index in [9.17, 15) is 24.0 Å². The van der Waals surface area contributed by atoms with E-state index in [-0.39, 0.29) is 0 Å². The van der Waals surface area contributed by atoms with Crippen molar-refractivity contribution in [2.45, 2.75) is 32.5 Å². The van der Waals surface area contributed by atoms with Crippen LogP contribution in [0.2, 0.25) is 0 Å². The van der Waals surface area contributed by atoms with Gasteiger partial charge in [-0.25, -0.2) is 14.4 Å². The van der Waals surface area contributed by atoms with Gasteiger partial charge in [-0.05, 0) is 13.8 Å². The van der Waals surface area contributed by atoms with Gasteiger partial charge >= 0.3 is 29.8 Å². The molecule has 0 heterocycles. The van der Waals surface area contributed by atoms with Crippen molar-refractivity contribution in [3.8, 4) is 0 Å². The van der Waals surface area contributed by atoms with E-state index in [1.54, 1.807) is 0 Å². The number of hydrogen-bond acceptors (Lipinski definition) is 7. The summed E-state index contributed by atoms with van der Waals surface area (Å²) < 4.78 is 8.93. The van der Waals surface area contributed by atoms with Gasteiger partial charge < -0.3 is 24.8 Å². The van der Waals surface area contributed by atoms with Crippen LogP contribution in [0.3, 0.4) is 0 Å². The molecule has 0 aromatic heterocycles. The second kappa shape index (κ2) is 12.3. The zero-order valence-electron chi connectivity index (χ0n) is 13.7. The molecule has 0 saturated heterocycles. The standard InChI is InChI=1S/C9H12O6.C6H8O4/c1-3-8(12)15-5(2)6(9(13)14)4-7(10)11;1-3-5(7)10-4(2)6(8)9/h3,5-6H,1,4H2,2H3,(H,10,11)(H,13,14);3-4H,1H2,2H3,(H,8,9). The van der Waals surface area contributed by atoms with Crippen molar-refractivity contribution in [1.29, 1.82) is 0 Å². The van der Waals surface area contributed by atoms with Crippen LogP contribution in [0.1, 0.15) is 20.3 Å². The monoisotopic (exact) mass is 360 g/mol. The van der Waals surface area contributed by atoms with E-state index < -0.39 is 54.4 Å². The Labute approximate surface area is 143 Å². The van der Waals surface area contributed by atoms with Gasteiger partial charge in [0.2, 0.25) is 0 Å². The Morgan fingerprint density at radius 2 is 1.32 bits per heavy atom. The highest BCUT2D eigenvalue weighted by Crippen LogP contribution is 2.13. The zero-order valence-corrected chi connectivity index (χ0v) is 13.7. The van der Waals surface area contributed by atoms with Gasteiger partial charge in [-0.2, -0.15) is 0 Å². The fraction of sp³-hybridized carbons (Fsp3) is 0.400. The molecule has 3 N–H and O–H groups in total. The molecule has 0 aliphatic rings. The highest BCUT2D eigenvalue weighted by Gasteiger charge is 2.29. The molecular weight excluding hydrogens is 340 g/mol. The van der Waals surface area contributed by atoms with Crippen molar-refractivity contribution in [2.24, 2.45) is 5.92 Å². The smallest absolute Gasteiger partial charge is 0.344 e. The molecular formula is C15H20O10. The largest absolute Gasteiger partial charge is 0.481 e. The van der Waals surface area contributed by atoms with Gasteiger partial charge in [-0.1, -0.05) is 13.2 Å². The first-order valence-electron chi connectivity index (χ1n) is 6.79. The second-order valence-corrected chi connectivity index (χ2v) is 4.51. The second-order valence-electron chi connectivity index (χ2n) is 4.51. The van der Waals surface area contributed by atoms with E-state index in [1.807, 2.05) is 0 Å². The van der Waals surface area contributed by atoms with Gasteiger partial charge in [0.15, 0.2) is 6.10 Å². The Balaban J connectivity index is 0. The van der Waals surface area contributed by atoms with Gasteiger partial charge in [0.05, 0.1) is 6.42 Å². The molecule has 0 aromatic carbocycles. The van der Waals surface area contributed by atoms with Crippen molar-refractivity contribution >= 4 is 29.8 Å². The third kappa shape index (κ3) is 12.0. The minimum absolute atomic E-state index is 0.596. The summed E-state index contributed by atoms with van der Waals surface area (Å²) in [7, 11) is 0. The van der Waals surface area contributed by atoms with E-state index in [0.29, 0.717) is 0 Å². The van der Waals surface area contributed by atoms with Gasteiger partial charge in [0.1, 0.15) is 12.0 Å². The van der Waals surface area contributed by atoms with Gasteiger partial charge in [0.25, 0.3) is 0 Å². The molecule has 0 aliphatic heterocycles. The lowest BCUT2D eigenvalue weighted by Gasteiger charge is -2.18. The van der Waals surface area contributed by atoms with E-state index in [1.165, 1.54) is 13.8 Å². The number of carbonyl (C=O) groups excluding carboxylic acids is 2. The first-order chi connectivity index (χ1) is 11.5. The normalized spacial score (nSPS) is 12.9. The maximum absolute atomic E-state index is 10.8. The Hall–Kier alpha value is -3.17. The van der Waals surface area contributed by atoms with Gasteiger partial charge in [-0.15, -0.1) is 0 Å². The fourth-order valence-electron chi connectivity index (χ4n) is 1.23. The van der Waals surface area contributed by atoms with Crippen LogP contribution in [0.4, 0.5) is 0 Å². The molecule has 25 heavy (non-hydrogen) atoms. The quantitative estimate of drug-likeness (QED) is 0.388. The van der Waals surface area contributed by atoms with Gasteiger partial charge in [-0.3, -0.25) is 9.59 Å². The highest BCUT2D eigenvalue weighted by molar-refractivity contribution is 5.84. The number of ether oxygens (including phenoxy) is 2. The van der Waals surface area contributed by atoms with E-state index >= 15 is 0 Å². The van der Waals surface area contributed by atoms with E-state index in [2.05, 4.69) is 22.6 Å². The van der Waals surface area contributed by atoms with Crippen LogP contribution in [0.5, 0.6) is 0 Å². The van der Waals surface area contributed by atoms with Crippen molar-refractivity contribution < 1.29 is 48.8 Å². The summed E-state index contributed by atoms with van der Waals surface area (Å²) in [4.78, 5) is 52.1. The SMILES string of the molecule is C=CC(=O)OC(C)C(=O)O.C=CC(=O)OC(C)C(CC(=O)O)C(=O)O. The van der Waals surface area contributed by atoms with E-state index in [4.69, 9.17) is 15.3 Å². The van der Waals surface area contributed by atoms with E-state index in [0.717, 1.165) is 12.2 Å². The molecule has 140 valence electrons. The molecule has 0 spiro atoms. The molecule has 10 nitrogen and oxygen atoms in total. The topological polar surface area (TPSA) is 165 Å². The molecule has 0 radical (unpaired) electrons. The summed E-state index contributed by atoms with van der Waals surface area (Å²) in [6, 6.07) is 0. The average Bonchev–Trinajstić information content (AvgIpc) is 2.51. The predicted molar refractivity (Wildman–Crippen MR) is 82.5 cm³/mol. The first kappa shape index (κ1) is 24.1. The lowest BCUT2D eigenvalue weighted by Crippen LogP contribution is -2.31. The number of carboxylic acids is 3. The summed E-state index contributed by atoms with van der Waals surface area (Å²) in [5.74, 6) is -6.51. The number of esters is 2. The minimum atomic E-state index is -1.32. The molecule has 3 unspecified atom stereocenters. The summed E-state index contributed by atoms with van der Waals surface area (Å²) in [6.45, 7) is 8.84. The van der Waals surface area contributed by atoms with Crippen LogP contribution in [0.25, 0.3) is 0 Å². The Bertz CT molecular complexity index is 536. The van der Waals surface area contributed by atoms with Crippen molar-refractivity contribution in [3.63, 3.8) is 0 Å². The van der Waals surface area contributed by atoms with Gasteiger partial charge in [0, 0.05) is 12.2 Å². The molecule has 10 heteroatoms. The van der Waals surface area contributed by atoms with Crippen LogP contribution in [-0.4, -0.2) is 57.4 Å². The number of carbonyl (C=O) groups is 5. The number of hydrogen-bond donors (Lipinski definition) is 3. The molecule has 0 aliphatic carbocycles. The highest BCUT2D eigenvalue weighted by atomic mass is 16.6. The van der Waals surface area contributed by atoms with Crippen molar-refractivity contribution in [3.05, 3.63) is 25.3 Å². The Kier molecular flexibility index (Phi) is 11.8. The Morgan fingerprint density at radius 1 is 0.880 bits per heavy atom. The lowest BCUT2D eigenvalue weighted by atomic mass is 10.00. The van der Waals surface area contributed by atoms with Crippen LogP contribution in [-0.2, 0) is 33.4 Å². The maximum Gasteiger partial charge on any atom is 0.344 e. The number of carboxylic acid groups (broad SMARTS) is 3. The summed E-state index contributed by atoms with van der Waals surface area (Å²) in [5, 5.41) is 25.4. The van der Waals surface area contributed by atoms with Crippen LogP contribution >= 0.6 is 0 Å². The average molecular weight is 360 g/mol. The Morgan fingerprint density at radius 3 is 1.64 bits per heavy atom. The van der Waals surface area contributed by atoms with Crippen LogP contribution in [0.15, 0.2) is 25.3 Å². The summed E-state index contributed by atoms with van der Waals surface area (Å²) in [5.41, 5.74) is 0. The zero-order chi connectivity index (χ0) is 20.2. The minimum Gasteiger partial charge on any atom is -0.481 e. The molecule has 0 fully saturated rings. The summed E-state index contributed by atoms with van der Waals surface area (Å²) in [6.07, 6.45) is -0.911. The van der Waals surface area contributed by atoms with Crippen LogP contribution < -0.4 is 0 Å². The lowest BCUT2D eigenvalue weighted by molar-refractivity contribution is -0.159. The van der Waals surface area contributed by atoms with Crippen molar-refractivity contribution in [2.75, 3.05) is 0 Å². The third-order valence-electron chi connectivity index (χ3n) is 2.55. The molecule has 0 bridgehead atoms. The third-order valence-corrected chi connectivity index (χ3v) is 2.55. The first-order valence-corrected chi connectivity index (χ1v) is 6.79. The molecule has 0 rings (SSSR count). The fourth-order valence-corrected chi connectivity index (χ4v) is 1.23. The predicted octanol–water partition coefficient (Wildman–Crippen LogP) is 0.468. The summed E-state index contributed by atoms with van der Waals surface area (Å²) >= 11 is 0. The van der Waals surface area contributed by atoms with Crippen LogP contribution in [0, 0.1) is 5.92 Å². The molecule has 0 saturated carbocycles. The number of aliphatic carboxylic acids is 3. The molecule has 3 atom stereocenters.